The predicted octanol–water partition coefficient (Wildman–Crippen LogP) is 0.0138. The highest BCUT2D eigenvalue weighted by Gasteiger charge is 2.09. The van der Waals surface area contributed by atoms with Crippen LogP contribution in [0.4, 0.5) is 0 Å². The van der Waals surface area contributed by atoms with Gasteiger partial charge in [0.1, 0.15) is 5.56 Å². The van der Waals surface area contributed by atoms with Crippen LogP contribution in [-0.4, -0.2) is 14.9 Å². The lowest BCUT2D eigenvalue weighted by Gasteiger charge is -1.91. The van der Waals surface area contributed by atoms with E-state index >= 15 is 0 Å². The summed E-state index contributed by atoms with van der Waals surface area (Å²) in [4.78, 5) is 4.08. The summed E-state index contributed by atoms with van der Waals surface area (Å²) >= 11 is 0. The number of aromatic nitrogens is 3. The van der Waals surface area contributed by atoms with Crippen LogP contribution in [0.25, 0.3) is 11.4 Å². The smallest absolute Gasteiger partial charge is 0.245 e. The quantitative estimate of drug-likeness (QED) is 0.479. The number of rotatable bonds is 1. The molecule has 0 fully saturated rings. The van der Waals surface area contributed by atoms with Gasteiger partial charge in [-0.15, -0.1) is 0 Å². The van der Waals surface area contributed by atoms with E-state index in [1.54, 1.807) is 0 Å². The van der Waals surface area contributed by atoms with Gasteiger partial charge in [0, 0.05) is 11.1 Å². The third-order valence-corrected chi connectivity index (χ3v) is 1.41. The Hall–Kier alpha value is -1.98. The van der Waals surface area contributed by atoms with Crippen molar-refractivity contribution in [2.75, 3.05) is 0 Å². The average molecular weight is 167 g/mol. The van der Waals surface area contributed by atoms with E-state index in [2.05, 4.69) is 9.51 Å². The fourth-order valence-corrected chi connectivity index (χ4v) is 0.897. The second-order valence-electron chi connectivity index (χ2n) is 2.19. The van der Waals surface area contributed by atoms with Crippen LogP contribution < -0.4 is 4.90 Å². The van der Waals surface area contributed by atoms with Crippen molar-refractivity contribution in [2.45, 2.75) is 0 Å². The first-order valence-corrected chi connectivity index (χ1v) is 3.18. The van der Waals surface area contributed by atoms with E-state index in [1.807, 2.05) is 0 Å². The zero-order valence-corrected chi connectivity index (χ0v) is 5.91. The summed E-state index contributed by atoms with van der Waals surface area (Å²) in [5, 5.41) is 19.6. The molecule has 1 N–H and O–H groups in total. The number of hydrogen-bond donors (Lipinski definition) is 1. The highest BCUT2D eigenvalue weighted by molar-refractivity contribution is 5.50. The molecule has 6 nitrogen and oxygen atoms in total. The molecule has 6 heteroatoms. The molecule has 0 aliphatic heterocycles. The zero-order valence-electron chi connectivity index (χ0n) is 5.91. The molecule has 0 aromatic carbocycles. The summed E-state index contributed by atoms with van der Waals surface area (Å²) in [5.74, 6) is 0.272. The van der Waals surface area contributed by atoms with Crippen molar-refractivity contribution in [2.24, 2.45) is 0 Å². The first-order valence-electron chi connectivity index (χ1n) is 3.18. The van der Waals surface area contributed by atoms with Crippen LogP contribution in [0.15, 0.2) is 29.4 Å². The van der Waals surface area contributed by atoms with Gasteiger partial charge in [-0.2, -0.15) is 4.73 Å². The Morgan fingerprint density at radius 1 is 1.67 bits per heavy atom. The van der Waals surface area contributed by atoms with Crippen LogP contribution in [0, 0.1) is 5.21 Å². The Morgan fingerprint density at radius 2 is 2.50 bits per heavy atom. The average Bonchev–Trinajstić information content (AvgIpc) is 2.58. The van der Waals surface area contributed by atoms with Gasteiger partial charge in [-0.05, 0) is 0 Å². The summed E-state index contributed by atoms with van der Waals surface area (Å²) in [6.07, 6.45) is 5.16. The number of imidazole rings is 1. The van der Waals surface area contributed by atoms with Crippen LogP contribution >= 0.6 is 0 Å². The lowest BCUT2D eigenvalue weighted by atomic mass is 10.3. The fourth-order valence-electron chi connectivity index (χ4n) is 0.897. The predicted molar refractivity (Wildman–Crippen MR) is 36.1 cm³/mol. The molecule has 2 rings (SSSR count). The minimum atomic E-state index is 0.272. The van der Waals surface area contributed by atoms with E-state index in [4.69, 9.17) is 5.21 Å². The molecule has 0 aliphatic rings. The molecule has 0 aliphatic carbocycles. The second-order valence-corrected chi connectivity index (χ2v) is 2.19. The van der Waals surface area contributed by atoms with E-state index in [-0.39, 0.29) is 10.7 Å². The first kappa shape index (κ1) is 6.71. The van der Waals surface area contributed by atoms with Crippen LogP contribution in [-0.2, 0) is 0 Å². The summed E-state index contributed by atoms with van der Waals surface area (Å²) in [7, 11) is 0. The molecule has 62 valence electrons. The van der Waals surface area contributed by atoms with E-state index < -0.39 is 0 Å². The van der Waals surface area contributed by atoms with Gasteiger partial charge in [0.15, 0.2) is 5.82 Å². The highest BCUT2D eigenvalue weighted by Crippen LogP contribution is 2.13. The van der Waals surface area contributed by atoms with E-state index in [1.165, 1.54) is 24.9 Å². The molecular formula is C6H5N3O3. The molecule has 0 saturated heterocycles. The topological polar surface area (TPSA) is 78.1 Å². The summed E-state index contributed by atoms with van der Waals surface area (Å²) < 4.78 is 5.25. The van der Waals surface area contributed by atoms with Crippen molar-refractivity contribution in [1.82, 2.24) is 9.71 Å². The van der Waals surface area contributed by atoms with Crippen LogP contribution in [0.2, 0.25) is 0 Å². The number of nitrogens with zero attached hydrogens (tertiary/aromatic N) is 3. The first-order chi connectivity index (χ1) is 5.77. The molecule has 0 atom stereocenters. The van der Waals surface area contributed by atoms with Gasteiger partial charge >= 0.3 is 0 Å². The summed E-state index contributed by atoms with van der Waals surface area (Å²) in [5.41, 5.74) is 0.428. The summed E-state index contributed by atoms with van der Waals surface area (Å²) in [6, 6.07) is 0. The Labute approximate surface area is 66.8 Å². The monoisotopic (exact) mass is 167 g/mol. The lowest BCUT2D eigenvalue weighted by molar-refractivity contribution is -0.792. The number of hydrogen-bond acceptors (Lipinski definition) is 4. The molecule has 0 bridgehead atoms. The Bertz CT molecular complexity index is 392. The van der Waals surface area contributed by atoms with E-state index in [0.717, 1.165) is 4.73 Å². The molecule has 0 amide bonds. The van der Waals surface area contributed by atoms with E-state index in [9.17, 15) is 5.21 Å². The van der Waals surface area contributed by atoms with Gasteiger partial charge in [0.05, 0.1) is 12.5 Å². The van der Waals surface area contributed by atoms with Gasteiger partial charge in [0.25, 0.3) is 0 Å². The fraction of sp³-hybridized carbons (Fsp3) is 0. The minimum absolute atomic E-state index is 0.272. The van der Waals surface area contributed by atoms with Crippen LogP contribution in [0.3, 0.4) is 0 Å². The van der Waals surface area contributed by atoms with Crippen molar-refractivity contribution in [3.05, 3.63) is 30.1 Å². The third kappa shape index (κ3) is 0.895. The van der Waals surface area contributed by atoms with Gasteiger partial charge in [-0.3, -0.25) is 5.21 Å². The largest absolute Gasteiger partial charge is 0.427 e. The minimum Gasteiger partial charge on any atom is -0.427 e. The Kier molecular flexibility index (Phi) is 1.26. The molecule has 0 spiro atoms. The van der Waals surface area contributed by atoms with Crippen molar-refractivity contribution < 1.29 is 14.6 Å². The second kappa shape index (κ2) is 2.26. The molecular weight excluding hydrogens is 162 g/mol. The summed E-state index contributed by atoms with van der Waals surface area (Å²) in [6.45, 7) is 0. The van der Waals surface area contributed by atoms with Gasteiger partial charge in [-0.25, -0.2) is 4.98 Å². The molecule has 12 heavy (non-hydrogen) atoms. The van der Waals surface area contributed by atoms with Gasteiger partial charge in [-0.1, -0.05) is 0 Å². The Balaban J connectivity index is 2.50. The van der Waals surface area contributed by atoms with Crippen LogP contribution in [0.5, 0.6) is 0 Å². The SMILES string of the molecule is [O-][n+]1cc(-c2nccn2O)co1. The highest BCUT2D eigenvalue weighted by atomic mass is 16.7. The van der Waals surface area contributed by atoms with Crippen molar-refractivity contribution in [3.63, 3.8) is 0 Å². The maximum Gasteiger partial charge on any atom is 0.245 e. The zero-order chi connectivity index (χ0) is 8.55. The van der Waals surface area contributed by atoms with Gasteiger partial charge < -0.3 is 9.73 Å². The van der Waals surface area contributed by atoms with Crippen molar-refractivity contribution in [3.8, 4) is 11.4 Å². The molecule has 2 aromatic rings. The molecule has 0 radical (unpaired) electrons. The normalized spacial score (nSPS) is 10.3. The Morgan fingerprint density at radius 3 is 3.00 bits per heavy atom. The maximum atomic E-state index is 10.5. The third-order valence-electron chi connectivity index (χ3n) is 1.41. The van der Waals surface area contributed by atoms with E-state index in [0.29, 0.717) is 5.56 Å². The lowest BCUT2D eigenvalue weighted by Crippen LogP contribution is -2.20. The van der Waals surface area contributed by atoms with Crippen molar-refractivity contribution in [1.29, 1.82) is 0 Å². The molecule has 0 unspecified atom stereocenters. The molecule has 2 heterocycles. The molecule has 2 aromatic heterocycles. The molecule has 0 saturated carbocycles. The maximum absolute atomic E-state index is 10.5. The van der Waals surface area contributed by atoms with Gasteiger partial charge in [0.2, 0.25) is 6.20 Å². The standard InChI is InChI=1S/C6H5N3O3/c10-8-2-1-7-6(8)5-3-9(11)12-4-5/h1-4,10H. The van der Waals surface area contributed by atoms with Crippen LogP contribution in [0.1, 0.15) is 0 Å². The van der Waals surface area contributed by atoms with Crippen molar-refractivity contribution >= 4 is 0 Å².